The average Bonchev–Trinajstić information content (AvgIpc) is 3.14. The molecule has 108 valence electrons. The van der Waals surface area contributed by atoms with E-state index < -0.39 is 0 Å². The van der Waals surface area contributed by atoms with Gasteiger partial charge >= 0.3 is 0 Å². The van der Waals surface area contributed by atoms with Gasteiger partial charge in [0.15, 0.2) is 0 Å². The zero-order valence-electron chi connectivity index (χ0n) is 11.9. The minimum atomic E-state index is 0.780. The van der Waals surface area contributed by atoms with Gasteiger partial charge in [-0.05, 0) is 41.5 Å². The van der Waals surface area contributed by atoms with Gasteiger partial charge in [0.25, 0.3) is 0 Å². The molecule has 0 N–H and O–H groups in total. The fourth-order valence-corrected chi connectivity index (χ4v) is 3.54. The summed E-state index contributed by atoms with van der Waals surface area (Å²) in [5.41, 5.74) is 3.25. The van der Waals surface area contributed by atoms with E-state index in [0.717, 1.165) is 28.7 Å². The topological polar surface area (TPSA) is 56.5 Å². The summed E-state index contributed by atoms with van der Waals surface area (Å²) in [6.07, 6.45) is 0.983. The van der Waals surface area contributed by atoms with Crippen molar-refractivity contribution in [2.24, 2.45) is 0 Å². The van der Waals surface area contributed by atoms with Crippen LogP contribution in [0.4, 0.5) is 0 Å². The van der Waals surface area contributed by atoms with Crippen LogP contribution in [0.3, 0.4) is 0 Å². The molecular weight excluding hydrogens is 302 g/mol. The van der Waals surface area contributed by atoms with Crippen LogP contribution in [0.2, 0.25) is 0 Å². The zero-order valence-corrected chi connectivity index (χ0v) is 13.5. The molecule has 0 spiro atoms. The van der Waals surface area contributed by atoms with Crippen LogP contribution in [0.5, 0.6) is 0 Å². The van der Waals surface area contributed by atoms with Gasteiger partial charge in [0.1, 0.15) is 0 Å². The van der Waals surface area contributed by atoms with Crippen LogP contribution in [0.25, 0.3) is 5.69 Å². The van der Waals surface area contributed by atoms with Gasteiger partial charge in [-0.3, -0.25) is 0 Å². The van der Waals surface area contributed by atoms with E-state index in [9.17, 15) is 0 Å². The largest absolute Gasteiger partial charge is 0.245 e. The summed E-state index contributed by atoms with van der Waals surface area (Å²) in [7, 11) is 0. The Morgan fingerprint density at radius 1 is 1.33 bits per heavy atom. The van der Waals surface area contributed by atoms with Crippen molar-refractivity contribution in [1.82, 2.24) is 25.2 Å². The van der Waals surface area contributed by atoms with Gasteiger partial charge in [-0.15, -0.1) is 16.4 Å². The third-order valence-corrected chi connectivity index (χ3v) is 4.93. The number of nitrogens with zero attached hydrogens (tertiary/aromatic N) is 5. The van der Waals surface area contributed by atoms with Gasteiger partial charge in [0.05, 0.1) is 16.4 Å². The lowest BCUT2D eigenvalue weighted by molar-refractivity contribution is 0.755. The first-order valence-electron chi connectivity index (χ1n) is 6.67. The minimum Gasteiger partial charge on any atom is -0.245 e. The van der Waals surface area contributed by atoms with Gasteiger partial charge in [0.2, 0.25) is 5.16 Å². The number of benzene rings is 1. The number of tetrazole rings is 1. The second-order valence-corrected chi connectivity index (χ2v) is 6.47. The van der Waals surface area contributed by atoms with Crippen molar-refractivity contribution in [2.75, 3.05) is 0 Å². The number of aromatic nitrogens is 5. The SMILES string of the molecule is CCc1nc(CSc2nnnn2-c2cccc(C)c2)cs1. The molecular formula is C14H15N5S2. The Morgan fingerprint density at radius 2 is 2.24 bits per heavy atom. The van der Waals surface area contributed by atoms with Gasteiger partial charge in [0, 0.05) is 11.1 Å². The standard InChI is InChI=1S/C14H15N5S2/c1-3-13-15-11(8-20-13)9-21-14-16-17-18-19(14)12-6-4-5-10(2)7-12/h4-8H,3,9H2,1-2H3. The fraction of sp³-hybridized carbons (Fsp3) is 0.286. The molecule has 0 unspecified atom stereocenters. The Hall–Kier alpha value is -1.73. The smallest absolute Gasteiger partial charge is 0.214 e. The van der Waals surface area contributed by atoms with E-state index in [2.05, 4.69) is 51.9 Å². The molecule has 5 nitrogen and oxygen atoms in total. The van der Waals surface area contributed by atoms with Crippen molar-refractivity contribution in [3.63, 3.8) is 0 Å². The summed E-state index contributed by atoms with van der Waals surface area (Å²) >= 11 is 3.31. The molecule has 0 amide bonds. The van der Waals surface area contributed by atoms with Crippen LogP contribution >= 0.6 is 23.1 Å². The first kappa shape index (κ1) is 14.2. The Bertz CT molecular complexity index is 734. The van der Waals surface area contributed by atoms with Crippen LogP contribution in [0.15, 0.2) is 34.8 Å². The van der Waals surface area contributed by atoms with Crippen molar-refractivity contribution >= 4 is 23.1 Å². The Morgan fingerprint density at radius 3 is 3.00 bits per heavy atom. The van der Waals surface area contributed by atoms with E-state index in [1.807, 2.05) is 12.1 Å². The zero-order chi connectivity index (χ0) is 14.7. The van der Waals surface area contributed by atoms with E-state index in [4.69, 9.17) is 0 Å². The number of rotatable bonds is 5. The van der Waals surface area contributed by atoms with E-state index in [0.29, 0.717) is 0 Å². The van der Waals surface area contributed by atoms with Crippen molar-refractivity contribution in [2.45, 2.75) is 31.2 Å². The Balaban J connectivity index is 1.76. The molecule has 0 radical (unpaired) electrons. The van der Waals surface area contributed by atoms with Crippen LogP contribution < -0.4 is 0 Å². The molecule has 0 aliphatic rings. The third-order valence-electron chi connectivity index (χ3n) is 2.94. The lowest BCUT2D eigenvalue weighted by Gasteiger charge is -2.04. The quantitative estimate of drug-likeness (QED) is 0.676. The number of thioether (sulfide) groups is 1. The van der Waals surface area contributed by atoms with Gasteiger partial charge in [-0.1, -0.05) is 30.8 Å². The molecule has 0 saturated heterocycles. The van der Waals surface area contributed by atoms with E-state index >= 15 is 0 Å². The second-order valence-electron chi connectivity index (χ2n) is 4.59. The number of hydrogen-bond acceptors (Lipinski definition) is 6. The molecule has 3 rings (SSSR count). The highest BCUT2D eigenvalue weighted by molar-refractivity contribution is 7.98. The number of aryl methyl sites for hydroxylation is 2. The monoisotopic (exact) mass is 317 g/mol. The van der Waals surface area contributed by atoms with Crippen LogP contribution in [0, 0.1) is 6.92 Å². The highest BCUT2D eigenvalue weighted by Crippen LogP contribution is 2.23. The highest BCUT2D eigenvalue weighted by atomic mass is 32.2. The summed E-state index contributed by atoms with van der Waals surface area (Å²) in [4.78, 5) is 4.56. The van der Waals surface area contributed by atoms with Gasteiger partial charge < -0.3 is 0 Å². The maximum absolute atomic E-state index is 4.56. The minimum absolute atomic E-state index is 0.780. The van der Waals surface area contributed by atoms with E-state index in [1.54, 1.807) is 27.8 Å². The third kappa shape index (κ3) is 3.30. The van der Waals surface area contributed by atoms with Crippen molar-refractivity contribution < 1.29 is 0 Å². The van der Waals surface area contributed by atoms with E-state index in [1.165, 1.54) is 10.6 Å². The average molecular weight is 317 g/mol. The summed E-state index contributed by atoms with van der Waals surface area (Å²) in [6.45, 7) is 4.18. The first-order valence-corrected chi connectivity index (χ1v) is 8.54. The maximum Gasteiger partial charge on any atom is 0.214 e. The molecule has 0 fully saturated rings. The highest BCUT2D eigenvalue weighted by Gasteiger charge is 2.10. The molecule has 3 aromatic rings. The lowest BCUT2D eigenvalue weighted by Crippen LogP contribution is -1.99. The first-order chi connectivity index (χ1) is 10.3. The molecule has 2 heterocycles. The molecule has 21 heavy (non-hydrogen) atoms. The molecule has 0 saturated carbocycles. The van der Waals surface area contributed by atoms with Crippen molar-refractivity contribution in [1.29, 1.82) is 0 Å². The second kappa shape index (κ2) is 6.36. The molecule has 7 heteroatoms. The van der Waals surface area contributed by atoms with Crippen LogP contribution in [-0.2, 0) is 12.2 Å². The summed E-state index contributed by atoms with van der Waals surface area (Å²) in [5.74, 6) is 0.780. The van der Waals surface area contributed by atoms with Crippen LogP contribution in [0.1, 0.15) is 23.2 Å². The van der Waals surface area contributed by atoms with Gasteiger partial charge in [-0.2, -0.15) is 4.68 Å². The molecule has 0 aliphatic heterocycles. The fourth-order valence-electron chi connectivity index (χ4n) is 1.91. The number of hydrogen-bond donors (Lipinski definition) is 0. The molecule has 2 aromatic heterocycles. The molecule has 0 bridgehead atoms. The molecule has 0 aliphatic carbocycles. The lowest BCUT2D eigenvalue weighted by atomic mass is 10.2. The number of thiazole rings is 1. The summed E-state index contributed by atoms with van der Waals surface area (Å²) < 4.78 is 1.77. The maximum atomic E-state index is 4.56. The molecule has 0 atom stereocenters. The summed E-state index contributed by atoms with van der Waals surface area (Å²) in [5, 5.41) is 16.0. The van der Waals surface area contributed by atoms with Crippen molar-refractivity contribution in [3.05, 3.63) is 45.9 Å². The normalized spacial score (nSPS) is 11.0. The Labute approximate surface area is 131 Å². The van der Waals surface area contributed by atoms with Gasteiger partial charge in [-0.25, -0.2) is 4.98 Å². The molecule has 1 aromatic carbocycles. The Kier molecular flexibility index (Phi) is 4.31. The predicted molar refractivity (Wildman–Crippen MR) is 84.9 cm³/mol. The van der Waals surface area contributed by atoms with E-state index in [-0.39, 0.29) is 0 Å². The van der Waals surface area contributed by atoms with Crippen LogP contribution in [-0.4, -0.2) is 25.2 Å². The summed E-state index contributed by atoms with van der Waals surface area (Å²) in [6, 6.07) is 8.14. The van der Waals surface area contributed by atoms with Crippen molar-refractivity contribution in [3.8, 4) is 5.69 Å². The predicted octanol–water partition coefficient (Wildman–Crippen LogP) is 3.28.